The summed E-state index contributed by atoms with van der Waals surface area (Å²) in [5, 5.41) is 6.31. The number of alkyl halides is 2. The van der Waals surface area contributed by atoms with Crippen LogP contribution in [0.15, 0.2) is 47.0 Å². The van der Waals surface area contributed by atoms with Gasteiger partial charge in [-0.15, -0.1) is 0 Å². The molecule has 0 spiro atoms. The molecule has 2 aromatic carbocycles. The van der Waals surface area contributed by atoms with Gasteiger partial charge in [0.25, 0.3) is 5.91 Å². The number of ether oxygens (including phenoxy) is 1. The van der Waals surface area contributed by atoms with Crippen molar-refractivity contribution in [1.29, 1.82) is 0 Å². The molecule has 11 heteroatoms. The molecular weight excluding hydrogens is 524 g/mol. The van der Waals surface area contributed by atoms with E-state index in [9.17, 15) is 4.79 Å². The molecule has 34 heavy (non-hydrogen) atoms. The summed E-state index contributed by atoms with van der Waals surface area (Å²) in [4.78, 5) is 20.2. The number of carbonyl (C=O) groups is 1. The molecular formula is C23H19Cl4N3O4. The summed E-state index contributed by atoms with van der Waals surface area (Å²) in [6.45, 7) is 2.28. The van der Waals surface area contributed by atoms with E-state index in [0.29, 0.717) is 71.0 Å². The topological polar surface area (TPSA) is 68.0 Å². The van der Waals surface area contributed by atoms with Crippen molar-refractivity contribution in [3.8, 4) is 22.6 Å². The monoisotopic (exact) mass is 541 g/mol. The fraction of sp³-hybridized carbons (Fsp3) is 0.304. The van der Waals surface area contributed by atoms with Crippen LogP contribution >= 0.6 is 46.4 Å². The Morgan fingerprint density at radius 1 is 1.09 bits per heavy atom. The number of aromatic nitrogens is 1. The maximum Gasteiger partial charge on any atom is 0.284 e. The molecule has 178 valence electrons. The summed E-state index contributed by atoms with van der Waals surface area (Å²) in [5.74, 6) is -0.113. The van der Waals surface area contributed by atoms with Gasteiger partial charge in [-0.05, 0) is 29.8 Å². The number of morpholine rings is 1. The smallest absolute Gasteiger partial charge is 0.284 e. The van der Waals surface area contributed by atoms with Gasteiger partial charge in [-0.2, -0.15) is 5.06 Å². The van der Waals surface area contributed by atoms with Crippen molar-refractivity contribution in [2.24, 2.45) is 0 Å². The summed E-state index contributed by atoms with van der Waals surface area (Å²) in [7, 11) is 0. The highest BCUT2D eigenvalue weighted by atomic mass is 35.5. The molecule has 1 aromatic heterocycles. The van der Waals surface area contributed by atoms with Crippen molar-refractivity contribution < 1.29 is 18.9 Å². The van der Waals surface area contributed by atoms with Gasteiger partial charge in [0.15, 0.2) is 10.6 Å². The van der Waals surface area contributed by atoms with Gasteiger partial charge in [-0.3, -0.25) is 9.69 Å². The number of hydrogen-bond donors (Lipinski definition) is 0. The number of halogens is 4. The van der Waals surface area contributed by atoms with Crippen molar-refractivity contribution in [2.45, 2.75) is 17.5 Å². The highest BCUT2D eigenvalue weighted by molar-refractivity contribution is 6.54. The predicted octanol–water partition coefficient (Wildman–Crippen LogP) is 5.60. The molecule has 7 nitrogen and oxygen atoms in total. The second-order valence-corrected chi connectivity index (χ2v) is 9.83. The van der Waals surface area contributed by atoms with Gasteiger partial charge in [-0.1, -0.05) is 63.7 Å². The quantitative estimate of drug-likeness (QED) is 0.393. The number of amides is 1. The summed E-state index contributed by atoms with van der Waals surface area (Å²) in [6, 6.07) is 12.4. The van der Waals surface area contributed by atoms with Gasteiger partial charge in [-0.25, -0.2) is 4.84 Å². The zero-order valence-electron chi connectivity index (χ0n) is 17.7. The van der Waals surface area contributed by atoms with Gasteiger partial charge in [0, 0.05) is 41.7 Å². The van der Waals surface area contributed by atoms with Gasteiger partial charge in [0.1, 0.15) is 11.9 Å². The number of hydroxylamine groups is 1. The molecule has 2 aliphatic rings. The van der Waals surface area contributed by atoms with Gasteiger partial charge >= 0.3 is 0 Å². The third kappa shape index (κ3) is 4.79. The molecule has 1 saturated heterocycles. The molecule has 0 saturated carbocycles. The van der Waals surface area contributed by atoms with Crippen molar-refractivity contribution in [1.82, 2.24) is 10.1 Å². The van der Waals surface area contributed by atoms with Crippen LogP contribution in [0, 0.1) is 0 Å². The first kappa shape index (κ1) is 23.9. The molecule has 4 bridgehead atoms. The molecule has 2 aliphatic heterocycles. The highest BCUT2D eigenvalue weighted by Crippen LogP contribution is 2.38. The van der Waals surface area contributed by atoms with E-state index in [2.05, 4.69) is 10.1 Å². The third-order valence-electron chi connectivity index (χ3n) is 5.73. The number of carbonyl (C=O) groups excluding carboxylic acids is 1. The minimum absolute atomic E-state index is 0.344. The van der Waals surface area contributed by atoms with Crippen LogP contribution in [0.25, 0.3) is 22.6 Å². The third-order valence-corrected chi connectivity index (χ3v) is 6.62. The SMILES string of the molecule is O=C(C(Cl)Cl)N1OC(N2CCOCC2)Cc2cc(Cl)cc(Cl)c2-c2cc(on2)-c2cccc1c2. The number of fused-ring (bicyclic) bond motifs is 7. The van der Waals surface area contributed by atoms with E-state index in [0.717, 1.165) is 10.6 Å². The van der Waals surface area contributed by atoms with E-state index >= 15 is 0 Å². The van der Waals surface area contributed by atoms with Gasteiger partial charge in [0.2, 0.25) is 0 Å². The summed E-state index contributed by atoms with van der Waals surface area (Å²) >= 11 is 25.0. The van der Waals surface area contributed by atoms with E-state index in [4.69, 9.17) is 60.5 Å². The van der Waals surface area contributed by atoms with E-state index in [-0.39, 0.29) is 0 Å². The molecule has 1 amide bonds. The van der Waals surface area contributed by atoms with Crippen molar-refractivity contribution in [3.05, 3.63) is 58.1 Å². The molecule has 1 fully saturated rings. The Hall–Kier alpha value is -1.84. The maximum atomic E-state index is 13.0. The minimum Gasteiger partial charge on any atom is -0.379 e. The molecule has 3 heterocycles. The highest BCUT2D eigenvalue weighted by Gasteiger charge is 2.32. The number of anilines is 1. The minimum atomic E-state index is -1.32. The van der Waals surface area contributed by atoms with Crippen molar-refractivity contribution in [3.63, 3.8) is 0 Å². The van der Waals surface area contributed by atoms with E-state index < -0.39 is 17.0 Å². The van der Waals surface area contributed by atoms with E-state index in [1.165, 1.54) is 0 Å². The van der Waals surface area contributed by atoms with Crippen LogP contribution in [0.2, 0.25) is 10.0 Å². The lowest BCUT2D eigenvalue weighted by atomic mass is 9.99. The molecule has 0 aliphatic carbocycles. The Balaban J connectivity index is 1.70. The van der Waals surface area contributed by atoms with Crippen molar-refractivity contribution in [2.75, 3.05) is 31.4 Å². The van der Waals surface area contributed by atoms with Crippen LogP contribution in [-0.4, -0.2) is 53.3 Å². The number of benzene rings is 2. The normalized spacial score (nSPS) is 18.9. The molecule has 5 rings (SSSR count). The number of hydrogen-bond acceptors (Lipinski definition) is 6. The Kier molecular flexibility index (Phi) is 7.04. The summed E-state index contributed by atoms with van der Waals surface area (Å²) in [5.41, 5.74) is 3.19. The lowest BCUT2D eigenvalue weighted by Gasteiger charge is -2.37. The van der Waals surface area contributed by atoms with Gasteiger partial charge in [0.05, 0.1) is 23.9 Å². The van der Waals surface area contributed by atoms with E-state index in [1.54, 1.807) is 24.3 Å². The molecule has 3 aromatic rings. The average Bonchev–Trinajstić information content (AvgIpc) is 3.30. The number of nitrogens with zero attached hydrogens (tertiary/aromatic N) is 3. The Labute approximate surface area is 215 Å². The summed E-state index contributed by atoms with van der Waals surface area (Å²) in [6.07, 6.45) is -0.237. The maximum absolute atomic E-state index is 13.0. The van der Waals surface area contributed by atoms with Crippen LogP contribution in [0.4, 0.5) is 5.69 Å². The predicted molar refractivity (Wildman–Crippen MR) is 131 cm³/mol. The first-order chi connectivity index (χ1) is 16.4. The first-order valence-electron chi connectivity index (χ1n) is 10.6. The van der Waals surface area contributed by atoms with E-state index in [1.807, 2.05) is 18.2 Å². The molecule has 1 atom stereocenters. The average molecular weight is 543 g/mol. The zero-order valence-corrected chi connectivity index (χ0v) is 20.7. The standard InChI is InChI=1S/C23H19Cl4N3O4/c24-15-8-14-10-20(29-4-6-32-7-5-29)34-30(23(31)22(26)27)16-3-1-2-13(9-16)19-12-18(28-33-19)21(14)17(25)11-15/h1-3,8-9,11-12,20,22H,4-7,10H2. The zero-order chi connectivity index (χ0) is 23.8. The van der Waals surface area contributed by atoms with Crippen LogP contribution in [0.5, 0.6) is 0 Å². The van der Waals surface area contributed by atoms with Crippen LogP contribution in [0.1, 0.15) is 5.56 Å². The van der Waals surface area contributed by atoms with Gasteiger partial charge < -0.3 is 9.26 Å². The Bertz CT molecular complexity index is 1210. The largest absolute Gasteiger partial charge is 0.379 e. The molecule has 0 radical (unpaired) electrons. The fourth-order valence-corrected chi connectivity index (χ4v) is 4.94. The van der Waals surface area contributed by atoms with Crippen LogP contribution in [0.3, 0.4) is 0 Å². The lowest BCUT2D eigenvalue weighted by molar-refractivity contribution is -0.139. The van der Waals surface area contributed by atoms with Crippen LogP contribution in [-0.2, 0) is 20.8 Å². The first-order valence-corrected chi connectivity index (χ1v) is 12.2. The van der Waals surface area contributed by atoms with Crippen LogP contribution < -0.4 is 5.06 Å². The second kappa shape index (κ2) is 10.0. The number of rotatable bonds is 2. The lowest BCUT2D eigenvalue weighted by Crippen LogP contribution is -2.50. The molecule has 0 N–H and O–H groups in total. The van der Waals surface area contributed by atoms with Crippen molar-refractivity contribution >= 4 is 58.0 Å². The molecule has 1 unspecified atom stereocenters. The fourth-order valence-electron chi connectivity index (χ4n) is 4.13. The Morgan fingerprint density at radius 2 is 1.88 bits per heavy atom. The second-order valence-electron chi connectivity index (χ2n) is 7.89. The summed E-state index contributed by atoms with van der Waals surface area (Å²) < 4.78 is 11.1. The Morgan fingerprint density at radius 3 is 2.65 bits per heavy atom.